The van der Waals surface area contributed by atoms with E-state index in [4.69, 9.17) is 0 Å². The van der Waals surface area contributed by atoms with E-state index in [0.29, 0.717) is 6.04 Å². The van der Waals surface area contributed by atoms with Gasteiger partial charge in [-0.2, -0.15) is 0 Å². The van der Waals surface area contributed by atoms with Gasteiger partial charge in [0.1, 0.15) is 0 Å². The topological polar surface area (TPSA) is 42.9 Å². The van der Waals surface area contributed by atoms with Crippen LogP contribution < -0.4 is 10.6 Å². The van der Waals surface area contributed by atoms with Gasteiger partial charge in [0.2, 0.25) is 0 Å². The molecule has 0 bridgehead atoms. The molecule has 0 aliphatic heterocycles. The molecule has 29 heavy (non-hydrogen) atoms. The van der Waals surface area contributed by atoms with Crippen molar-refractivity contribution in [3.05, 3.63) is 71.3 Å². The molecule has 0 heterocycles. The highest BCUT2D eigenvalue weighted by atomic mass is 15.2. The Bertz CT molecular complexity index is 725. The molecule has 158 valence electrons. The average Bonchev–Trinajstić information content (AvgIpc) is 2.71. The van der Waals surface area contributed by atoms with Gasteiger partial charge in [-0.25, -0.2) is 0 Å². The van der Waals surface area contributed by atoms with Crippen molar-refractivity contribution in [3.63, 3.8) is 0 Å². The van der Waals surface area contributed by atoms with Gasteiger partial charge in [0, 0.05) is 39.3 Å². The fourth-order valence-electron chi connectivity index (χ4n) is 3.18. The van der Waals surface area contributed by atoms with E-state index in [0.717, 1.165) is 38.6 Å². The molecule has 2 aromatic carbocycles. The zero-order chi connectivity index (χ0) is 21.1. The van der Waals surface area contributed by atoms with Gasteiger partial charge in [-0.15, -0.1) is 0 Å². The third-order valence-corrected chi connectivity index (χ3v) is 5.09. The second-order valence-corrected chi connectivity index (χ2v) is 7.95. The van der Waals surface area contributed by atoms with Crippen molar-refractivity contribution in [1.29, 1.82) is 0 Å². The molecule has 0 aromatic heterocycles. The van der Waals surface area contributed by atoms with Crippen LogP contribution in [0, 0.1) is 0 Å². The molecule has 0 radical (unpaired) electrons. The van der Waals surface area contributed by atoms with Crippen LogP contribution in [0.15, 0.2) is 59.6 Å². The van der Waals surface area contributed by atoms with Crippen molar-refractivity contribution in [2.75, 3.05) is 34.7 Å². The van der Waals surface area contributed by atoms with E-state index in [2.05, 4.69) is 108 Å². The lowest BCUT2D eigenvalue weighted by molar-refractivity contribution is 0.238. The van der Waals surface area contributed by atoms with Crippen LogP contribution in [0.5, 0.6) is 0 Å². The smallest absolute Gasteiger partial charge is 0.191 e. The Morgan fingerprint density at radius 2 is 1.48 bits per heavy atom. The molecule has 0 amide bonds. The van der Waals surface area contributed by atoms with Gasteiger partial charge in [-0.3, -0.25) is 9.89 Å². The highest BCUT2D eigenvalue weighted by Crippen LogP contribution is 2.08. The lowest BCUT2D eigenvalue weighted by atomic mass is 10.1. The van der Waals surface area contributed by atoms with Crippen molar-refractivity contribution >= 4 is 5.96 Å². The minimum Gasteiger partial charge on any atom is -0.356 e. The molecule has 0 saturated heterocycles. The summed E-state index contributed by atoms with van der Waals surface area (Å²) in [4.78, 5) is 8.91. The summed E-state index contributed by atoms with van der Waals surface area (Å²) >= 11 is 0. The molecule has 0 aliphatic carbocycles. The number of rotatable bonds is 10. The maximum Gasteiger partial charge on any atom is 0.191 e. The van der Waals surface area contributed by atoms with Crippen LogP contribution in [0.2, 0.25) is 0 Å². The molecule has 1 unspecified atom stereocenters. The number of benzene rings is 2. The predicted molar refractivity (Wildman–Crippen MR) is 124 cm³/mol. The zero-order valence-electron chi connectivity index (χ0n) is 18.7. The number of nitrogens with zero attached hydrogens (tertiary/aromatic N) is 3. The normalized spacial score (nSPS) is 13.0. The maximum atomic E-state index is 4.34. The second-order valence-electron chi connectivity index (χ2n) is 7.95. The molecule has 0 spiro atoms. The van der Waals surface area contributed by atoms with Crippen LogP contribution in [0.1, 0.15) is 30.0 Å². The zero-order valence-corrected chi connectivity index (χ0v) is 18.7. The van der Waals surface area contributed by atoms with Gasteiger partial charge < -0.3 is 15.5 Å². The van der Waals surface area contributed by atoms with Crippen molar-refractivity contribution in [3.8, 4) is 0 Å². The third-order valence-electron chi connectivity index (χ3n) is 5.09. The molecular weight excluding hydrogens is 358 g/mol. The highest BCUT2D eigenvalue weighted by molar-refractivity contribution is 5.79. The Balaban J connectivity index is 1.70. The summed E-state index contributed by atoms with van der Waals surface area (Å²) in [7, 11) is 8.18. The number of guanidine groups is 1. The maximum absolute atomic E-state index is 4.34. The summed E-state index contributed by atoms with van der Waals surface area (Å²) in [5.74, 6) is 0.847. The molecule has 0 fully saturated rings. The fraction of sp³-hybridized carbons (Fsp3) is 0.458. The van der Waals surface area contributed by atoms with Crippen LogP contribution in [-0.4, -0.2) is 56.5 Å². The number of aliphatic imine (C=N–C) groups is 1. The molecular formula is C24H37N5. The second kappa shape index (κ2) is 12.2. The average molecular weight is 396 g/mol. The van der Waals surface area contributed by atoms with Gasteiger partial charge in [-0.05, 0) is 51.2 Å². The standard InChI is InChI=1S/C24H37N5/c1-20(29(5)19-22-9-7-6-8-10-22)15-16-26-24(25-2)27-17-21-11-13-23(14-12-21)18-28(3)4/h6-14,20H,15-19H2,1-5H3,(H2,25,26,27). The molecule has 2 rings (SSSR count). The Kier molecular flexibility index (Phi) is 9.68. The Hall–Kier alpha value is -2.37. The molecule has 0 saturated carbocycles. The fourth-order valence-corrected chi connectivity index (χ4v) is 3.18. The monoisotopic (exact) mass is 395 g/mol. The molecule has 5 nitrogen and oxygen atoms in total. The van der Waals surface area contributed by atoms with E-state index in [-0.39, 0.29) is 0 Å². The summed E-state index contributed by atoms with van der Waals surface area (Å²) in [6, 6.07) is 19.9. The third kappa shape index (κ3) is 8.67. The van der Waals surface area contributed by atoms with Crippen LogP contribution >= 0.6 is 0 Å². The minimum absolute atomic E-state index is 0.491. The predicted octanol–water partition coefficient (Wildman–Crippen LogP) is 3.32. The van der Waals surface area contributed by atoms with Crippen LogP contribution in [0.3, 0.4) is 0 Å². The Morgan fingerprint density at radius 1 is 0.862 bits per heavy atom. The summed E-state index contributed by atoms with van der Waals surface area (Å²) in [5, 5.41) is 6.84. The molecule has 2 aromatic rings. The minimum atomic E-state index is 0.491. The van der Waals surface area contributed by atoms with Crippen LogP contribution in [0.4, 0.5) is 0 Å². The van der Waals surface area contributed by atoms with E-state index >= 15 is 0 Å². The van der Waals surface area contributed by atoms with Crippen molar-refractivity contribution in [2.24, 2.45) is 4.99 Å². The summed E-state index contributed by atoms with van der Waals surface area (Å²) in [6.45, 7) is 5.87. The summed E-state index contributed by atoms with van der Waals surface area (Å²) in [6.07, 6.45) is 1.06. The quantitative estimate of drug-likeness (QED) is 0.478. The number of hydrogen-bond acceptors (Lipinski definition) is 3. The first-order chi connectivity index (χ1) is 14.0. The first-order valence-electron chi connectivity index (χ1n) is 10.4. The highest BCUT2D eigenvalue weighted by Gasteiger charge is 2.09. The summed E-state index contributed by atoms with van der Waals surface area (Å²) in [5.41, 5.74) is 3.94. The molecule has 2 N–H and O–H groups in total. The van der Waals surface area contributed by atoms with E-state index in [1.54, 1.807) is 0 Å². The van der Waals surface area contributed by atoms with Crippen molar-refractivity contribution < 1.29 is 0 Å². The van der Waals surface area contributed by atoms with E-state index < -0.39 is 0 Å². The van der Waals surface area contributed by atoms with Crippen molar-refractivity contribution in [2.45, 2.75) is 39.0 Å². The van der Waals surface area contributed by atoms with E-state index in [1.165, 1.54) is 16.7 Å². The van der Waals surface area contributed by atoms with E-state index in [9.17, 15) is 0 Å². The van der Waals surface area contributed by atoms with Gasteiger partial charge in [-0.1, -0.05) is 54.6 Å². The van der Waals surface area contributed by atoms with E-state index in [1.807, 2.05) is 7.05 Å². The van der Waals surface area contributed by atoms with Gasteiger partial charge >= 0.3 is 0 Å². The lowest BCUT2D eigenvalue weighted by Gasteiger charge is -2.25. The van der Waals surface area contributed by atoms with Gasteiger partial charge in [0.25, 0.3) is 0 Å². The molecule has 5 heteroatoms. The first kappa shape index (κ1) is 22.9. The molecule has 0 aliphatic rings. The first-order valence-corrected chi connectivity index (χ1v) is 10.4. The lowest BCUT2D eigenvalue weighted by Crippen LogP contribution is -2.39. The van der Waals surface area contributed by atoms with Crippen LogP contribution in [0.25, 0.3) is 0 Å². The summed E-state index contributed by atoms with van der Waals surface area (Å²) < 4.78 is 0. The van der Waals surface area contributed by atoms with Crippen molar-refractivity contribution in [1.82, 2.24) is 20.4 Å². The molecule has 1 atom stereocenters. The van der Waals surface area contributed by atoms with Crippen LogP contribution in [-0.2, 0) is 19.6 Å². The Morgan fingerprint density at radius 3 is 2.10 bits per heavy atom. The van der Waals surface area contributed by atoms with Gasteiger partial charge in [0.15, 0.2) is 5.96 Å². The number of hydrogen-bond donors (Lipinski definition) is 2. The Labute approximate surface area is 176 Å². The number of nitrogens with one attached hydrogen (secondary N) is 2. The SMILES string of the molecule is CN=C(NCCC(C)N(C)Cc1ccccc1)NCc1ccc(CN(C)C)cc1. The largest absolute Gasteiger partial charge is 0.356 e. The van der Waals surface area contributed by atoms with Gasteiger partial charge in [0.05, 0.1) is 0 Å².